The quantitative estimate of drug-likeness (QED) is 0.749. The monoisotopic (exact) mass is 307 g/mol. The van der Waals surface area contributed by atoms with E-state index < -0.39 is 0 Å². The van der Waals surface area contributed by atoms with E-state index in [2.05, 4.69) is 4.98 Å². The molecule has 0 aliphatic rings. The fraction of sp³-hybridized carbons (Fsp3) is 0.0714. The molecule has 0 saturated heterocycles. The van der Waals surface area contributed by atoms with E-state index in [1.165, 1.54) is 0 Å². The van der Waals surface area contributed by atoms with Crippen molar-refractivity contribution in [2.45, 2.75) is 6.61 Å². The number of anilines is 1. The van der Waals surface area contributed by atoms with Crippen molar-refractivity contribution < 1.29 is 4.74 Å². The molecule has 0 spiro atoms. The van der Waals surface area contributed by atoms with Crippen molar-refractivity contribution in [1.29, 1.82) is 0 Å². The van der Waals surface area contributed by atoms with Gasteiger partial charge in [-0.3, -0.25) is 0 Å². The number of fused-ring (bicyclic) bond motifs is 1. The van der Waals surface area contributed by atoms with Crippen molar-refractivity contribution in [3.05, 3.63) is 58.5 Å². The Labute approximate surface area is 125 Å². The average Bonchev–Trinajstić information content (AvgIpc) is 2.84. The summed E-state index contributed by atoms with van der Waals surface area (Å²) in [6.45, 7) is 0.309. The zero-order chi connectivity index (χ0) is 14.1. The van der Waals surface area contributed by atoms with Crippen LogP contribution in [-0.4, -0.2) is 9.38 Å². The molecule has 0 fully saturated rings. The van der Waals surface area contributed by atoms with Gasteiger partial charge in [-0.15, -0.1) is 0 Å². The first-order valence-electron chi connectivity index (χ1n) is 5.93. The van der Waals surface area contributed by atoms with E-state index >= 15 is 0 Å². The Morgan fingerprint density at radius 3 is 2.80 bits per heavy atom. The lowest BCUT2D eigenvalue weighted by atomic mass is 10.3. The predicted octanol–water partition coefficient (Wildman–Crippen LogP) is 3.80. The van der Waals surface area contributed by atoms with Crippen LogP contribution >= 0.6 is 23.2 Å². The molecule has 0 aliphatic carbocycles. The second-order valence-electron chi connectivity index (χ2n) is 4.29. The molecule has 0 atom stereocenters. The third-order valence-electron chi connectivity index (χ3n) is 2.84. The molecule has 6 heteroatoms. The number of nitrogens with zero attached hydrogens (tertiary/aromatic N) is 2. The fourth-order valence-electron chi connectivity index (χ4n) is 1.88. The van der Waals surface area contributed by atoms with Gasteiger partial charge in [-0.05, 0) is 18.2 Å². The molecule has 0 saturated carbocycles. The summed E-state index contributed by atoms with van der Waals surface area (Å²) < 4.78 is 7.57. The first kappa shape index (κ1) is 13.1. The van der Waals surface area contributed by atoms with Crippen LogP contribution in [0.2, 0.25) is 10.0 Å². The number of hydrogen-bond donors (Lipinski definition) is 1. The molecule has 0 radical (unpaired) electrons. The first-order valence-corrected chi connectivity index (χ1v) is 6.69. The van der Waals surface area contributed by atoms with E-state index in [1.54, 1.807) is 12.1 Å². The van der Waals surface area contributed by atoms with Gasteiger partial charge in [-0.1, -0.05) is 29.3 Å². The minimum atomic E-state index is 0.309. The van der Waals surface area contributed by atoms with E-state index in [1.807, 2.05) is 35.0 Å². The van der Waals surface area contributed by atoms with Crippen molar-refractivity contribution in [2.75, 3.05) is 5.73 Å². The highest BCUT2D eigenvalue weighted by molar-refractivity contribution is 6.42. The van der Waals surface area contributed by atoms with E-state index in [4.69, 9.17) is 33.7 Å². The van der Waals surface area contributed by atoms with Crippen LogP contribution in [0.4, 0.5) is 5.69 Å². The van der Waals surface area contributed by atoms with Crippen LogP contribution < -0.4 is 10.5 Å². The summed E-state index contributed by atoms with van der Waals surface area (Å²) in [6, 6.07) is 8.98. The van der Waals surface area contributed by atoms with Gasteiger partial charge >= 0.3 is 0 Å². The van der Waals surface area contributed by atoms with Gasteiger partial charge in [0, 0.05) is 18.5 Å². The fourth-order valence-corrected chi connectivity index (χ4v) is 2.20. The summed E-state index contributed by atoms with van der Waals surface area (Å²) in [5, 5.41) is 0.815. The van der Waals surface area contributed by atoms with Crippen LogP contribution in [-0.2, 0) is 6.61 Å². The molecule has 0 aliphatic heterocycles. The van der Waals surface area contributed by atoms with E-state index in [-0.39, 0.29) is 0 Å². The molecule has 1 aromatic carbocycles. The number of aromatic nitrogens is 2. The first-order chi connectivity index (χ1) is 9.63. The highest BCUT2D eigenvalue weighted by Gasteiger charge is 2.08. The van der Waals surface area contributed by atoms with Crippen LogP contribution in [0.5, 0.6) is 5.75 Å². The molecule has 102 valence electrons. The number of hydrogen-bond acceptors (Lipinski definition) is 3. The normalized spacial score (nSPS) is 10.9. The molecule has 20 heavy (non-hydrogen) atoms. The van der Waals surface area contributed by atoms with E-state index in [9.17, 15) is 0 Å². The molecular formula is C14H11Cl2N3O. The highest BCUT2D eigenvalue weighted by atomic mass is 35.5. The van der Waals surface area contributed by atoms with Gasteiger partial charge in [0.1, 0.15) is 18.0 Å². The Bertz CT molecular complexity index is 737. The van der Waals surface area contributed by atoms with Gasteiger partial charge in [0.2, 0.25) is 0 Å². The minimum Gasteiger partial charge on any atom is -0.485 e. The lowest BCUT2D eigenvalue weighted by molar-refractivity contribution is 0.304. The maximum absolute atomic E-state index is 5.94. The van der Waals surface area contributed by atoms with Crippen molar-refractivity contribution in [3.8, 4) is 5.75 Å². The van der Waals surface area contributed by atoms with Crippen LogP contribution in [0.25, 0.3) is 5.65 Å². The number of halogens is 2. The van der Waals surface area contributed by atoms with Crippen molar-refractivity contribution in [2.24, 2.45) is 0 Å². The minimum absolute atomic E-state index is 0.309. The van der Waals surface area contributed by atoms with E-state index in [0.29, 0.717) is 28.1 Å². The number of ether oxygens (including phenoxy) is 1. The zero-order valence-electron chi connectivity index (χ0n) is 10.4. The highest BCUT2D eigenvalue weighted by Crippen LogP contribution is 2.32. The second-order valence-corrected chi connectivity index (χ2v) is 5.11. The van der Waals surface area contributed by atoms with Crippen LogP contribution in [0.3, 0.4) is 0 Å². The van der Waals surface area contributed by atoms with Crippen LogP contribution in [0.1, 0.15) is 5.69 Å². The summed E-state index contributed by atoms with van der Waals surface area (Å²) >= 11 is 11.8. The number of imidazole rings is 1. The molecule has 3 rings (SSSR count). The van der Waals surface area contributed by atoms with Gasteiger partial charge in [-0.2, -0.15) is 0 Å². The van der Waals surface area contributed by atoms with Gasteiger partial charge in [0.25, 0.3) is 0 Å². The Morgan fingerprint density at radius 2 is 2.00 bits per heavy atom. The number of nitrogens with two attached hydrogens (primary N) is 1. The molecular weight excluding hydrogens is 297 g/mol. The molecule has 2 heterocycles. The third-order valence-corrected chi connectivity index (χ3v) is 3.56. The summed E-state index contributed by atoms with van der Waals surface area (Å²) in [4.78, 5) is 4.44. The number of rotatable bonds is 3. The Balaban J connectivity index is 1.81. The summed E-state index contributed by atoms with van der Waals surface area (Å²) in [5.41, 5.74) is 7.96. The lowest BCUT2D eigenvalue weighted by Gasteiger charge is -2.08. The SMILES string of the molecule is Nc1cc(Cl)c(Cl)cc1OCc1cn2ccccc2n1. The molecule has 4 nitrogen and oxygen atoms in total. The van der Waals surface area contributed by atoms with Crippen molar-refractivity contribution in [3.63, 3.8) is 0 Å². The Kier molecular flexibility index (Phi) is 3.42. The summed E-state index contributed by atoms with van der Waals surface area (Å²) in [7, 11) is 0. The van der Waals surface area contributed by atoms with Gasteiger partial charge in [0.05, 0.1) is 21.4 Å². The molecule has 3 aromatic rings. The topological polar surface area (TPSA) is 52.5 Å². The molecule has 0 unspecified atom stereocenters. The Morgan fingerprint density at radius 1 is 1.20 bits per heavy atom. The second kappa shape index (κ2) is 5.23. The summed E-state index contributed by atoms with van der Waals surface area (Å²) in [5.74, 6) is 0.497. The maximum Gasteiger partial charge on any atom is 0.144 e. The van der Waals surface area contributed by atoms with Crippen LogP contribution in [0, 0.1) is 0 Å². The lowest BCUT2D eigenvalue weighted by Crippen LogP contribution is -1.99. The largest absolute Gasteiger partial charge is 0.485 e. The predicted molar refractivity (Wildman–Crippen MR) is 80.4 cm³/mol. The maximum atomic E-state index is 5.94. The zero-order valence-corrected chi connectivity index (χ0v) is 11.9. The molecule has 0 bridgehead atoms. The number of pyridine rings is 1. The Hall–Kier alpha value is -1.91. The van der Waals surface area contributed by atoms with E-state index in [0.717, 1.165) is 11.3 Å². The number of nitrogen functional groups attached to an aromatic ring is 1. The number of benzene rings is 1. The average molecular weight is 308 g/mol. The van der Waals surface area contributed by atoms with Gasteiger partial charge < -0.3 is 14.9 Å². The van der Waals surface area contributed by atoms with Gasteiger partial charge in [-0.25, -0.2) is 4.98 Å². The molecule has 2 N–H and O–H groups in total. The third kappa shape index (κ3) is 2.53. The summed E-state index contributed by atoms with van der Waals surface area (Å²) in [6.07, 6.45) is 3.84. The van der Waals surface area contributed by atoms with Crippen molar-refractivity contribution >= 4 is 34.5 Å². The molecule has 0 amide bonds. The smallest absolute Gasteiger partial charge is 0.144 e. The van der Waals surface area contributed by atoms with Crippen molar-refractivity contribution in [1.82, 2.24) is 9.38 Å². The molecule has 2 aromatic heterocycles. The van der Waals surface area contributed by atoms with Gasteiger partial charge in [0.15, 0.2) is 0 Å². The standard InChI is InChI=1S/C14H11Cl2N3O/c15-10-5-12(17)13(6-11(10)16)20-8-9-7-19-4-2-1-3-14(19)18-9/h1-7H,8,17H2. The van der Waals surface area contributed by atoms with Crippen LogP contribution in [0.15, 0.2) is 42.7 Å².